The second kappa shape index (κ2) is 8.65. The van der Waals surface area contributed by atoms with Gasteiger partial charge in [-0.2, -0.15) is 21.6 Å². The molecule has 1 aromatic heterocycles. The van der Waals surface area contributed by atoms with Crippen molar-refractivity contribution < 1.29 is 25.8 Å². The Morgan fingerprint density at radius 3 is 2.66 bits per heavy atom. The molecule has 0 amide bonds. The van der Waals surface area contributed by atoms with Crippen molar-refractivity contribution in [2.45, 2.75) is 57.1 Å². The number of benzene rings is 1. The van der Waals surface area contributed by atoms with Crippen LogP contribution in [0.4, 0.5) is 13.2 Å². The van der Waals surface area contributed by atoms with Crippen molar-refractivity contribution in [3.05, 3.63) is 51.7 Å². The predicted molar refractivity (Wildman–Crippen MR) is 108 cm³/mol. The average Bonchev–Trinajstić information content (AvgIpc) is 3.19. The summed E-state index contributed by atoms with van der Waals surface area (Å²) in [5.41, 5.74) is -4.05. The Morgan fingerprint density at radius 2 is 2.03 bits per heavy atom. The fraction of sp³-hybridized carbons (Fsp3) is 0.500. The number of fused-ring (bicyclic) bond motifs is 1. The molecule has 2 atom stereocenters. The quantitative estimate of drug-likeness (QED) is 0.426. The highest BCUT2D eigenvalue weighted by molar-refractivity contribution is 7.88. The molecule has 0 radical (unpaired) electrons. The molecular weight excluding hydrogens is 423 g/mol. The van der Waals surface area contributed by atoms with E-state index in [4.69, 9.17) is 0 Å². The van der Waals surface area contributed by atoms with Crippen molar-refractivity contribution >= 4 is 21.5 Å². The van der Waals surface area contributed by atoms with Gasteiger partial charge in [-0.15, -0.1) is 11.3 Å². The van der Waals surface area contributed by atoms with Crippen LogP contribution in [0.1, 0.15) is 48.7 Å². The van der Waals surface area contributed by atoms with Gasteiger partial charge < -0.3 is 4.18 Å². The summed E-state index contributed by atoms with van der Waals surface area (Å²) in [6.07, 6.45) is 2.84. The van der Waals surface area contributed by atoms with Gasteiger partial charge in [-0.25, -0.2) is 0 Å². The fourth-order valence-electron chi connectivity index (χ4n) is 3.92. The van der Waals surface area contributed by atoms with Gasteiger partial charge >= 0.3 is 15.6 Å². The lowest BCUT2D eigenvalue weighted by molar-refractivity contribution is -0.0500. The summed E-state index contributed by atoms with van der Waals surface area (Å²) < 4.78 is 65.4. The van der Waals surface area contributed by atoms with Crippen molar-refractivity contribution in [2.75, 3.05) is 6.54 Å². The molecule has 1 heterocycles. The number of alkyl halides is 3. The molecule has 0 bridgehead atoms. The number of hydrogen-bond acceptors (Lipinski definition) is 5. The summed E-state index contributed by atoms with van der Waals surface area (Å²) in [4.78, 5) is 3.71. The molecule has 0 saturated carbocycles. The zero-order valence-corrected chi connectivity index (χ0v) is 17.9. The van der Waals surface area contributed by atoms with Crippen molar-refractivity contribution in [3.8, 4) is 5.75 Å². The SMILES string of the molecule is CCCN(C1CCc2c(cccc2OS(=O)(=O)C(F)(F)F)C1)C(C)c1cccs1. The lowest BCUT2D eigenvalue weighted by Gasteiger charge is -2.39. The van der Waals surface area contributed by atoms with Gasteiger partial charge in [-0.1, -0.05) is 25.1 Å². The Labute approximate surface area is 173 Å². The molecule has 0 spiro atoms. The van der Waals surface area contributed by atoms with Gasteiger partial charge in [0.05, 0.1) is 0 Å². The Balaban J connectivity index is 1.84. The summed E-state index contributed by atoms with van der Waals surface area (Å²) >= 11 is 1.71. The van der Waals surface area contributed by atoms with Crippen LogP contribution in [-0.2, 0) is 23.0 Å². The van der Waals surface area contributed by atoms with E-state index >= 15 is 0 Å². The number of hydrogen-bond donors (Lipinski definition) is 0. The normalized spacial score (nSPS) is 18.5. The highest BCUT2D eigenvalue weighted by Crippen LogP contribution is 2.37. The molecule has 0 saturated heterocycles. The van der Waals surface area contributed by atoms with Crippen LogP contribution in [0.3, 0.4) is 0 Å². The number of halogens is 3. The maximum Gasteiger partial charge on any atom is 0.534 e. The van der Waals surface area contributed by atoms with Crippen LogP contribution in [0.5, 0.6) is 5.75 Å². The van der Waals surface area contributed by atoms with E-state index in [2.05, 4.69) is 34.4 Å². The third kappa shape index (κ3) is 4.78. The molecule has 1 aliphatic rings. The minimum absolute atomic E-state index is 0.216. The number of nitrogens with zero attached hydrogens (tertiary/aromatic N) is 1. The smallest absolute Gasteiger partial charge is 0.376 e. The van der Waals surface area contributed by atoms with Crippen LogP contribution in [-0.4, -0.2) is 31.4 Å². The molecule has 2 aromatic rings. The van der Waals surface area contributed by atoms with E-state index in [0.29, 0.717) is 18.4 Å². The van der Waals surface area contributed by atoms with E-state index in [9.17, 15) is 21.6 Å². The lowest BCUT2D eigenvalue weighted by atomic mass is 9.86. The molecule has 1 aliphatic carbocycles. The van der Waals surface area contributed by atoms with E-state index in [0.717, 1.165) is 24.9 Å². The van der Waals surface area contributed by atoms with Gasteiger partial charge in [0.15, 0.2) is 0 Å². The molecule has 0 N–H and O–H groups in total. The monoisotopic (exact) mass is 447 g/mol. The first-order valence-corrected chi connectivity index (χ1v) is 11.8. The predicted octanol–water partition coefficient (Wildman–Crippen LogP) is 5.31. The summed E-state index contributed by atoms with van der Waals surface area (Å²) in [5, 5.41) is 2.05. The largest absolute Gasteiger partial charge is 0.534 e. The Bertz CT molecular complexity index is 927. The first kappa shape index (κ1) is 22.1. The first-order valence-electron chi connectivity index (χ1n) is 9.54. The van der Waals surface area contributed by atoms with Crippen LogP contribution in [0.15, 0.2) is 35.7 Å². The topological polar surface area (TPSA) is 46.6 Å². The van der Waals surface area contributed by atoms with Crippen molar-refractivity contribution in [1.29, 1.82) is 0 Å². The van der Waals surface area contributed by atoms with E-state index in [-0.39, 0.29) is 17.8 Å². The third-order valence-corrected chi connectivity index (χ3v) is 7.31. The van der Waals surface area contributed by atoms with E-state index < -0.39 is 15.6 Å². The lowest BCUT2D eigenvalue weighted by Crippen LogP contribution is -2.41. The minimum atomic E-state index is -5.67. The van der Waals surface area contributed by atoms with Crippen LogP contribution in [0, 0.1) is 0 Å². The van der Waals surface area contributed by atoms with Crippen LogP contribution in [0.2, 0.25) is 0 Å². The molecule has 160 valence electrons. The molecular formula is C20H24F3NO3S2. The third-order valence-electron chi connectivity index (χ3n) is 5.30. The second-order valence-electron chi connectivity index (χ2n) is 7.20. The van der Waals surface area contributed by atoms with Gasteiger partial charge in [-0.3, -0.25) is 4.90 Å². The van der Waals surface area contributed by atoms with Gasteiger partial charge in [0, 0.05) is 17.0 Å². The molecule has 1 aromatic carbocycles. The zero-order valence-electron chi connectivity index (χ0n) is 16.3. The molecule has 9 heteroatoms. The average molecular weight is 448 g/mol. The Kier molecular flexibility index (Phi) is 6.60. The summed E-state index contributed by atoms with van der Waals surface area (Å²) in [6, 6.07) is 9.30. The van der Waals surface area contributed by atoms with Gasteiger partial charge in [0.25, 0.3) is 0 Å². The number of rotatable bonds is 7. The molecule has 4 nitrogen and oxygen atoms in total. The second-order valence-corrected chi connectivity index (χ2v) is 9.72. The maximum absolute atomic E-state index is 12.7. The minimum Gasteiger partial charge on any atom is -0.376 e. The first-order chi connectivity index (χ1) is 13.6. The van der Waals surface area contributed by atoms with Crippen molar-refractivity contribution in [1.82, 2.24) is 4.90 Å². The Morgan fingerprint density at radius 1 is 1.28 bits per heavy atom. The van der Waals surface area contributed by atoms with Crippen LogP contribution >= 0.6 is 11.3 Å². The van der Waals surface area contributed by atoms with E-state index in [1.165, 1.54) is 10.9 Å². The highest BCUT2D eigenvalue weighted by atomic mass is 32.2. The van der Waals surface area contributed by atoms with Gasteiger partial charge in [-0.05, 0) is 67.8 Å². The van der Waals surface area contributed by atoms with Gasteiger partial charge in [0.2, 0.25) is 0 Å². The standard InChI is InChI=1S/C20H24F3NO3S2/c1-3-11-24(14(2)19-8-5-12-28-19)16-9-10-17-15(13-16)6-4-7-18(17)27-29(25,26)20(21,22)23/h4-8,12,14,16H,3,9-11,13H2,1-2H3. The number of thiophene rings is 1. The fourth-order valence-corrected chi connectivity index (χ4v) is 5.21. The summed E-state index contributed by atoms with van der Waals surface area (Å²) in [7, 11) is -5.67. The molecule has 3 rings (SSSR count). The summed E-state index contributed by atoms with van der Waals surface area (Å²) in [6.45, 7) is 5.21. The molecule has 2 unspecified atom stereocenters. The molecule has 0 fully saturated rings. The van der Waals surface area contributed by atoms with Crippen LogP contribution < -0.4 is 4.18 Å². The van der Waals surface area contributed by atoms with Crippen LogP contribution in [0.25, 0.3) is 0 Å². The van der Waals surface area contributed by atoms with E-state index in [1.807, 2.05) is 12.1 Å². The summed E-state index contributed by atoms with van der Waals surface area (Å²) in [5.74, 6) is -0.216. The zero-order chi connectivity index (χ0) is 21.2. The molecule has 0 aliphatic heterocycles. The van der Waals surface area contributed by atoms with Crippen molar-refractivity contribution in [3.63, 3.8) is 0 Å². The highest BCUT2D eigenvalue weighted by Gasteiger charge is 2.49. The molecule has 29 heavy (non-hydrogen) atoms. The Hall–Kier alpha value is -1.58. The van der Waals surface area contributed by atoms with Gasteiger partial charge in [0.1, 0.15) is 5.75 Å². The van der Waals surface area contributed by atoms with E-state index in [1.54, 1.807) is 17.4 Å². The van der Waals surface area contributed by atoms with Crippen molar-refractivity contribution in [2.24, 2.45) is 0 Å². The maximum atomic E-state index is 12.7.